The third-order valence-corrected chi connectivity index (χ3v) is 3.87. The maximum Gasteiger partial charge on any atom is 0.338 e. The molecule has 140 valence electrons. The van der Waals surface area contributed by atoms with Gasteiger partial charge >= 0.3 is 5.97 Å². The number of rotatable bonds is 7. The molecule has 0 aliphatic heterocycles. The van der Waals surface area contributed by atoms with Crippen LogP contribution in [0.15, 0.2) is 59.0 Å². The van der Waals surface area contributed by atoms with E-state index < -0.39 is 12.1 Å². The van der Waals surface area contributed by atoms with Crippen molar-refractivity contribution in [3.8, 4) is 11.5 Å². The second kappa shape index (κ2) is 8.60. The van der Waals surface area contributed by atoms with Gasteiger partial charge in [0.1, 0.15) is 0 Å². The molecule has 1 atom stereocenters. The minimum absolute atomic E-state index is 0.158. The number of carbonyl (C=O) groups is 1. The monoisotopic (exact) mass is 366 g/mol. The van der Waals surface area contributed by atoms with Crippen molar-refractivity contribution in [2.24, 2.45) is 0 Å². The molecule has 0 saturated carbocycles. The van der Waals surface area contributed by atoms with Gasteiger partial charge in [0.2, 0.25) is 5.89 Å². The summed E-state index contributed by atoms with van der Waals surface area (Å²) >= 11 is 0. The Balaban J connectivity index is 1.61. The first-order valence-electron chi connectivity index (χ1n) is 8.83. The highest BCUT2D eigenvalue weighted by atomic mass is 16.6. The summed E-state index contributed by atoms with van der Waals surface area (Å²) in [5.74, 6) is 0.199. The minimum atomic E-state index is -0.647. The Morgan fingerprint density at radius 3 is 2.37 bits per heavy atom. The summed E-state index contributed by atoms with van der Waals surface area (Å²) in [5, 5.41) is 8.00. The zero-order valence-electron chi connectivity index (χ0n) is 15.6. The fourth-order valence-corrected chi connectivity index (χ4v) is 2.38. The molecule has 0 aliphatic rings. The molecule has 0 aliphatic carbocycles. The number of benzene rings is 2. The zero-order chi connectivity index (χ0) is 19.2. The summed E-state index contributed by atoms with van der Waals surface area (Å²) in [4.78, 5) is 12.3. The average Bonchev–Trinajstić information content (AvgIpc) is 3.18. The molecule has 27 heavy (non-hydrogen) atoms. The van der Waals surface area contributed by atoms with Gasteiger partial charge in [0, 0.05) is 5.56 Å². The molecule has 3 rings (SSSR count). The number of hydrogen-bond acceptors (Lipinski definition) is 6. The molecule has 6 heteroatoms. The fourth-order valence-electron chi connectivity index (χ4n) is 2.38. The Morgan fingerprint density at radius 2 is 1.70 bits per heavy atom. The Kier molecular flexibility index (Phi) is 5.98. The maximum absolute atomic E-state index is 12.3. The summed E-state index contributed by atoms with van der Waals surface area (Å²) in [5.41, 5.74) is 2.27. The van der Waals surface area contributed by atoms with Crippen LogP contribution in [0.5, 0.6) is 0 Å². The second-order valence-corrected chi connectivity index (χ2v) is 6.42. The molecule has 0 N–H and O–H groups in total. The van der Waals surface area contributed by atoms with Crippen molar-refractivity contribution in [1.29, 1.82) is 0 Å². The third kappa shape index (κ3) is 5.01. The van der Waals surface area contributed by atoms with Crippen LogP contribution in [-0.2, 0) is 16.1 Å². The van der Waals surface area contributed by atoms with Crippen molar-refractivity contribution in [3.63, 3.8) is 0 Å². The van der Waals surface area contributed by atoms with E-state index in [0.717, 1.165) is 11.1 Å². The number of esters is 1. The van der Waals surface area contributed by atoms with E-state index in [1.54, 1.807) is 19.1 Å². The van der Waals surface area contributed by atoms with Crippen molar-refractivity contribution < 1.29 is 18.7 Å². The molecule has 6 nitrogen and oxygen atoms in total. The van der Waals surface area contributed by atoms with E-state index >= 15 is 0 Å². The number of ether oxygens (including phenoxy) is 2. The van der Waals surface area contributed by atoms with E-state index in [1.165, 1.54) is 0 Å². The molecular formula is C21H22N2O4. The standard InChI is InChI=1S/C21H22N2O4/c1-14(2)25-13-16-9-11-18(12-10-16)21(24)26-15(3)19-22-23-20(27-19)17-7-5-4-6-8-17/h4-12,14-15H,13H2,1-3H3/t15-/m1/s1. The molecule has 0 bridgehead atoms. The summed E-state index contributed by atoms with van der Waals surface area (Å²) in [7, 11) is 0. The van der Waals surface area contributed by atoms with Crippen molar-refractivity contribution in [3.05, 3.63) is 71.6 Å². The Labute approximate surface area is 158 Å². The highest BCUT2D eigenvalue weighted by Crippen LogP contribution is 2.23. The first-order valence-corrected chi connectivity index (χ1v) is 8.83. The Bertz CT molecular complexity index is 873. The van der Waals surface area contributed by atoms with Gasteiger partial charge in [-0.25, -0.2) is 4.79 Å². The van der Waals surface area contributed by atoms with Crippen LogP contribution < -0.4 is 0 Å². The quantitative estimate of drug-likeness (QED) is 0.570. The highest BCUT2D eigenvalue weighted by Gasteiger charge is 2.20. The molecule has 0 radical (unpaired) electrons. The van der Waals surface area contributed by atoms with E-state index in [4.69, 9.17) is 13.9 Å². The first kappa shape index (κ1) is 18.8. The second-order valence-electron chi connectivity index (χ2n) is 6.42. The summed E-state index contributed by atoms with van der Waals surface area (Å²) in [6.07, 6.45) is -0.489. The number of carbonyl (C=O) groups excluding carboxylic acids is 1. The predicted octanol–water partition coefficient (Wildman–Crippen LogP) is 4.58. The zero-order valence-corrected chi connectivity index (χ0v) is 15.6. The fraction of sp³-hybridized carbons (Fsp3) is 0.286. The van der Waals surface area contributed by atoms with Crippen LogP contribution in [0.1, 0.15) is 48.7 Å². The highest BCUT2D eigenvalue weighted by molar-refractivity contribution is 5.89. The topological polar surface area (TPSA) is 74.5 Å². The number of nitrogens with zero attached hydrogens (tertiary/aromatic N) is 2. The number of hydrogen-bond donors (Lipinski definition) is 0. The van der Waals surface area contributed by atoms with Crippen LogP contribution in [-0.4, -0.2) is 22.3 Å². The lowest BCUT2D eigenvalue weighted by Gasteiger charge is -2.10. The summed E-state index contributed by atoms with van der Waals surface area (Å²) in [6, 6.07) is 16.6. The normalized spacial score (nSPS) is 12.1. The van der Waals surface area contributed by atoms with Crippen molar-refractivity contribution >= 4 is 5.97 Å². The van der Waals surface area contributed by atoms with Crippen LogP contribution in [0, 0.1) is 0 Å². The Hall–Kier alpha value is -2.99. The van der Waals surface area contributed by atoms with Gasteiger partial charge in [-0.1, -0.05) is 30.3 Å². The number of aromatic nitrogens is 2. The first-order chi connectivity index (χ1) is 13.0. The lowest BCUT2D eigenvalue weighted by molar-refractivity contribution is 0.0279. The van der Waals surface area contributed by atoms with Crippen LogP contribution in [0.25, 0.3) is 11.5 Å². The molecule has 0 spiro atoms. The largest absolute Gasteiger partial charge is 0.449 e. The summed E-state index contributed by atoms with van der Waals surface area (Å²) in [6.45, 7) is 6.17. The van der Waals surface area contributed by atoms with E-state index in [-0.39, 0.29) is 12.0 Å². The van der Waals surface area contributed by atoms with E-state index in [1.807, 2.05) is 56.3 Å². The van der Waals surface area contributed by atoms with Gasteiger partial charge in [-0.3, -0.25) is 0 Å². The van der Waals surface area contributed by atoms with Crippen LogP contribution in [0.2, 0.25) is 0 Å². The molecular weight excluding hydrogens is 344 g/mol. The van der Waals surface area contributed by atoms with Gasteiger partial charge in [0.25, 0.3) is 5.89 Å². The molecule has 0 amide bonds. The predicted molar refractivity (Wildman–Crippen MR) is 99.9 cm³/mol. The van der Waals surface area contributed by atoms with Crippen molar-refractivity contribution in [2.75, 3.05) is 0 Å². The molecule has 0 fully saturated rings. The van der Waals surface area contributed by atoms with E-state index in [2.05, 4.69) is 10.2 Å². The van der Waals surface area contributed by atoms with Crippen LogP contribution >= 0.6 is 0 Å². The van der Waals surface area contributed by atoms with E-state index in [0.29, 0.717) is 18.1 Å². The minimum Gasteiger partial charge on any atom is -0.449 e. The van der Waals surface area contributed by atoms with Gasteiger partial charge in [-0.15, -0.1) is 10.2 Å². The van der Waals surface area contributed by atoms with Gasteiger partial charge in [-0.2, -0.15) is 0 Å². The van der Waals surface area contributed by atoms with Gasteiger partial charge in [-0.05, 0) is 50.6 Å². The van der Waals surface area contributed by atoms with E-state index in [9.17, 15) is 4.79 Å². The summed E-state index contributed by atoms with van der Waals surface area (Å²) < 4.78 is 16.6. The smallest absolute Gasteiger partial charge is 0.338 e. The molecule has 2 aromatic carbocycles. The van der Waals surface area contributed by atoms with Gasteiger partial charge in [0.15, 0.2) is 6.10 Å². The molecule has 1 heterocycles. The molecule has 0 saturated heterocycles. The van der Waals surface area contributed by atoms with Gasteiger partial charge in [0.05, 0.1) is 18.3 Å². The van der Waals surface area contributed by atoms with Crippen molar-refractivity contribution in [2.45, 2.75) is 39.6 Å². The SMILES string of the molecule is CC(C)OCc1ccc(C(=O)O[C@H](C)c2nnc(-c3ccccc3)o2)cc1. The van der Waals surface area contributed by atoms with Crippen LogP contribution in [0.4, 0.5) is 0 Å². The maximum atomic E-state index is 12.3. The molecule has 3 aromatic rings. The van der Waals surface area contributed by atoms with Crippen molar-refractivity contribution in [1.82, 2.24) is 10.2 Å². The van der Waals surface area contributed by atoms with Gasteiger partial charge < -0.3 is 13.9 Å². The Morgan fingerprint density at radius 1 is 1.00 bits per heavy atom. The third-order valence-electron chi connectivity index (χ3n) is 3.87. The average molecular weight is 366 g/mol. The lowest BCUT2D eigenvalue weighted by atomic mass is 10.1. The lowest BCUT2D eigenvalue weighted by Crippen LogP contribution is -2.10. The molecule has 0 unspecified atom stereocenters. The van der Waals surface area contributed by atoms with Crippen LogP contribution in [0.3, 0.4) is 0 Å². The molecule has 1 aromatic heterocycles.